The molecule has 0 fully saturated rings. The highest BCUT2D eigenvalue weighted by Gasteiger charge is 2.17. The van der Waals surface area contributed by atoms with Crippen molar-refractivity contribution in [1.82, 2.24) is 0 Å². The van der Waals surface area contributed by atoms with Crippen molar-refractivity contribution in [3.63, 3.8) is 0 Å². The van der Waals surface area contributed by atoms with E-state index in [-0.39, 0.29) is 0 Å². The third kappa shape index (κ3) is 8.16. The zero-order valence-corrected chi connectivity index (χ0v) is 14.5. The number of allylic oxidation sites excluding steroid dienone is 5. The van der Waals surface area contributed by atoms with Gasteiger partial charge in [-0.05, 0) is 6.92 Å². The van der Waals surface area contributed by atoms with Crippen LogP contribution in [-0.4, -0.2) is 18.2 Å². The minimum absolute atomic E-state index is 0.344. The van der Waals surface area contributed by atoms with Gasteiger partial charge in [0.15, 0.2) is 0 Å². The zero-order chi connectivity index (χ0) is 16.7. The Morgan fingerprint density at radius 3 is 2.05 bits per heavy atom. The number of carbonyl (C=O) groups excluding carboxylic acids is 2. The molecule has 0 saturated heterocycles. The minimum Gasteiger partial charge on any atom is -0.285 e. The number of carbonyl (C=O) groups is 2. The van der Waals surface area contributed by atoms with E-state index in [4.69, 9.17) is 0 Å². The summed E-state index contributed by atoms with van der Waals surface area (Å²) in [6.45, 7) is 11.2. The molecule has 0 N–H and O–H groups in total. The molecule has 1 aromatic carbocycles. The first-order valence-corrected chi connectivity index (χ1v) is 8.03. The summed E-state index contributed by atoms with van der Waals surface area (Å²) in [5.74, 6) is -1.02. The fourth-order valence-corrected chi connectivity index (χ4v) is 1.37. The summed E-state index contributed by atoms with van der Waals surface area (Å²) in [6, 6.07) is 8.51. The minimum atomic E-state index is -0.519. The van der Waals surface area contributed by atoms with E-state index in [1.807, 2.05) is 20.5 Å². The van der Waals surface area contributed by atoms with Crippen LogP contribution in [0.25, 0.3) is 0 Å². The van der Waals surface area contributed by atoms with Gasteiger partial charge in [0, 0.05) is 11.1 Å². The molecule has 2 nitrogen and oxygen atoms in total. The predicted octanol–water partition coefficient (Wildman–Crippen LogP) is 4.64. The van der Waals surface area contributed by atoms with Gasteiger partial charge >= 0.3 is 0 Å². The number of ketones is 2. The summed E-state index contributed by atoms with van der Waals surface area (Å²) in [4.78, 5) is 23.8. The molecule has 0 aromatic heterocycles. The molecule has 21 heavy (non-hydrogen) atoms. The van der Waals surface area contributed by atoms with Gasteiger partial charge in [0.1, 0.15) is 0 Å². The largest absolute Gasteiger partial charge is 0.285 e. The maximum atomic E-state index is 11.9. The molecular weight excluding hydrogens is 279 g/mol. The van der Waals surface area contributed by atoms with E-state index in [0.717, 1.165) is 0 Å². The van der Waals surface area contributed by atoms with Crippen molar-refractivity contribution < 1.29 is 9.59 Å². The van der Waals surface area contributed by atoms with E-state index in [2.05, 4.69) is 15.8 Å². The molecule has 0 radical (unpaired) electrons. The van der Waals surface area contributed by atoms with Crippen molar-refractivity contribution in [2.45, 2.75) is 20.8 Å². The van der Waals surface area contributed by atoms with Crippen LogP contribution in [0, 0.1) is 0 Å². The molecule has 1 rings (SSSR count). The summed E-state index contributed by atoms with van der Waals surface area (Å²) in [7, 11) is 2.42. The van der Waals surface area contributed by atoms with Crippen molar-refractivity contribution in [3.8, 4) is 0 Å². The van der Waals surface area contributed by atoms with Crippen LogP contribution in [0.5, 0.6) is 0 Å². The number of hydrogen-bond acceptors (Lipinski definition) is 2. The van der Waals surface area contributed by atoms with Gasteiger partial charge in [-0.3, -0.25) is 9.59 Å². The van der Waals surface area contributed by atoms with Gasteiger partial charge in [-0.2, -0.15) is 0 Å². The van der Waals surface area contributed by atoms with Crippen LogP contribution in [0.15, 0.2) is 66.8 Å². The Hall–Kier alpha value is -1.79. The molecule has 0 aliphatic rings. The monoisotopic (exact) mass is 304 g/mol. The molecule has 0 amide bonds. The maximum absolute atomic E-state index is 11.9. The van der Waals surface area contributed by atoms with Crippen molar-refractivity contribution in [2.24, 2.45) is 0 Å². The molecule has 1 unspecified atom stereocenters. The Bertz CT molecular complexity index is 485. The maximum Gasteiger partial charge on any atom is 0.233 e. The van der Waals surface area contributed by atoms with E-state index in [9.17, 15) is 9.59 Å². The van der Waals surface area contributed by atoms with Crippen molar-refractivity contribution in [1.29, 1.82) is 0 Å². The third-order valence-electron chi connectivity index (χ3n) is 2.15. The lowest BCUT2D eigenvalue weighted by Crippen LogP contribution is -2.15. The summed E-state index contributed by atoms with van der Waals surface area (Å²) < 4.78 is 0. The standard InChI is InChI=1S/C15H14O2.C2H6.CH5P/c1-3-8-12(9-4-2)14(16)15(17)13-10-6-5-7-11-13;2*1-2/h3-11H,1H2,2H3;1-2H3;2H2,1H3/b9-4-,12-8+;;. The summed E-state index contributed by atoms with van der Waals surface area (Å²) in [5.41, 5.74) is 0.744. The fraction of sp³-hybridized carbons (Fsp3) is 0.222. The third-order valence-corrected chi connectivity index (χ3v) is 2.15. The summed E-state index contributed by atoms with van der Waals surface area (Å²) in [6.07, 6.45) is 6.34. The first kappa shape index (κ1) is 21.5. The molecule has 1 atom stereocenters. The highest BCUT2D eigenvalue weighted by Crippen LogP contribution is 2.07. The number of rotatable bonds is 5. The molecule has 0 saturated carbocycles. The average molecular weight is 304 g/mol. The Morgan fingerprint density at radius 1 is 1.10 bits per heavy atom. The van der Waals surface area contributed by atoms with E-state index in [0.29, 0.717) is 11.1 Å². The number of hydrogen-bond donors (Lipinski definition) is 0. The molecule has 0 aliphatic carbocycles. The Morgan fingerprint density at radius 2 is 1.62 bits per heavy atom. The second-order valence-corrected chi connectivity index (χ2v) is 3.38. The normalized spacial score (nSPS) is 9.86. The van der Waals surface area contributed by atoms with Crippen LogP contribution in [0.2, 0.25) is 0 Å². The number of Topliss-reactive ketones (excluding diaryl/α,β-unsaturated/α-hetero) is 2. The SMILES string of the molecule is C=C/C=C(\C=C/C)C(=O)C(=O)c1ccccc1.CC.CP. The van der Waals surface area contributed by atoms with Crippen molar-refractivity contribution >= 4 is 20.8 Å². The number of benzene rings is 1. The highest BCUT2D eigenvalue weighted by molar-refractivity contribution is 7.15. The topological polar surface area (TPSA) is 34.1 Å². The lowest BCUT2D eigenvalue weighted by Gasteiger charge is -2.00. The molecule has 114 valence electrons. The van der Waals surface area contributed by atoms with Crippen LogP contribution >= 0.6 is 9.24 Å². The second-order valence-electron chi connectivity index (χ2n) is 3.38. The van der Waals surface area contributed by atoms with Gasteiger partial charge < -0.3 is 0 Å². The Labute approximate surface area is 130 Å². The highest BCUT2D eigenvalue weighted by atomic mass is 31.0. The van der Waals surface area contributed by atoms with Crippen LogP contribution in [0.4, 0.5) is 0 Å². The average Bonchev–Trinajstić information content (AvgIpc) is 2.58. The van der Waals surface area contributed by atoms with Gasteiger partial charge in [-0.25, -0.2) is 0 Å². The quantitative estimate of drug-likeness (QED) is 0.261. The lowest BCUT2D eigenvalue weighted by atomic mass is 10.0. The van der Waals surface area contributed by atoms with Gasteiger partial charge in [0.05, 0.1) is 0 Å². The first-order chi connectivity index (χ1) is 10.2. The van der Waals surface area contributed by atoms with Crippen LogP contribution in [-0.2, 0) is 4.79 Å². The van der Waals surface area contributed by atoms with E-state index >= 15 is 0 Å². The summed E-state index contributed by atoms with van der Waals surface area (Å²) >= 11 is 0. The van der Waals surface area contributed by atoms with E-state index < -0.39 is 11.6 Å². The lowest BCUT2D eigenvalue weighted by molar-refractivity contribution is -0.111. The smallest absolute Gasteiger partial charge is 0.233 e. The molecular formula is C18H25O2P. The first-order valence-electron chi connectivity index (χ1n) is 6.88. The predicted molar refractivity (Wildman–Crippen MR) is 95.9 cm³/mol. The zero-order valence-electron chi connectivity index (χ0n) is 13.3. The van der Waals surface area contributed by atoms with Crippen LogP contribution in [0.3, 0.4) is 0 Å². The van der Waals surface area contributed by atoms with Gasteiger partial charge in [0.2, 0.25) is 11.6 Å². The fourth-order valence-electron chi connectivity index (χ4n) is 1.37. The van der Waals surface area contributed by atoms with Gasteiger partial charge in [-0.15, -0.1) is 9.24 Å². The molecule has 3 heteroatoms. The van der Waals surface area contributed by atoms with Crippen LogP contribution < -0.4 is 0 Å². The van der Waals surface area contributed by atoms with E-state index in [1.54, 1.807) is 49.4 Å². The Balaban J connectivity index is 0. The molecule has 0 aliphatic heterocycles. The van der Waals surface area contributed by atoms with Crippen molar-refractivity contribution in [2.75, 3.05) is 6.66 Å². The van der Waals surface area contributed by atoms with Gasteiger partial charge in [-0.1, -0.05) is 81.7 Å². The van der Waals surface area contributed by atoms with E-state index in [1.165, 1.54) is 12.2 Å². The molecule has 0 bridgehead atoms. The summed E-state index contributed by atoms with van der Waals surface area (Å²) in [5, 5.41) is 0. The van der Waals surface area contributed by atoms with Crippen molar-refractivity contribution in [3.05, 3.63) is 72.4 Å². The van der Waals surface area contributed by atoms with Crippen LogP contribution in [0.1, 0.15) is 31.1 Å². The Kier molecular flexibility index (Phi) is 15.0. The molecule has 0 spiro atoms. The molecule has 1 aromatic rings. The van der Waals surface area contributed by atoms with Gasteiger partial charge in [0.25, 0.3) is 0 Å². The second kappa shape index (κ2) is 14.6. The molecule has 0 heterocycles.